The van der Waals surface area contributed by atoms with E-state index in [4.69, 9.17) is 16.3 Å². The Bertz CT molecular complexity index is 1250. The van der Waals surface area contributed by atoms with E-state index in [1.165, 1.54) is 6.07 Å². The molecule has 1 aliphatic rings. The fourth-order valence-corrected chi connectivity index (χ4v) is 5.08. The highest BCUT2D eigenvalue weighted by Gasteiger charge is 2.32. The molecule has 1 unspecified atom stereocenters. The van der Waals surface area contributed by atoms with Gasteiger partial charge in [0.2, 0.25) is 0 Å². The van der Waals surface area contributed by atoms with Crippen molar-refractivity contribution in [2.45, 2.75) is 46.3 Å². The lowest BCUT2D eigenvalue weighted by molar-refractivity contribution is 0.0159. The number of piperazine rings is 1. The number of aryl methyl sites for hydroxylation is 1. The maximum Gasteiger partial charge on any atom is 0.410 e. The highest BCUT2D eigenvalue weighted by molar-refractivity contribution is 7.18. The van der Waals surface area contributed by atoms with Crippen LogP contribution in [0.15, 0.2) is 24.5 Å². The summed E-state index contributed by atoms with van der Waals surface area (Å²) in [6.07, 6.45) is 3.11. The molecule has 0 spiro atoms. The van der Waals surface area contributed by atoms with E-state index in [1.54, 1.807) is 27.8 Å². The number of pyridine rings is 1. The number of rotatable bonds is 3. The van der Waals surface area contributed by atoms with Gasteiger partial charge in [-0.05, 0) is 40.7 Å². The number of hydrogen-bond acceptors (Lipinski definition) is 6. The summed E-state index contributed by atoms with van der Waals surface area (Å²) in [5.74, 6) is -1.15. The number of fused-ring (bicyclic) bond motifs is 1. The van der Waals surface area contributed by atoms with Crippen LogP contribution >= 0.6 is 22.9 Å². The molecule has 34 heavy (non-hydrogen) atoms. The normalized spacial score (nSPS) is 16.7. The Morgan fingerprint density at radius 2 is 2.00 bits per heavy atom. The van der Waals surface area contributed by atoms with Crippen molar-refractivity contribution in [3.63, 3.8) is 0 Å². The van der Waals surface area contributed by atoms with E-state index >= 15 is 0 Å². The Kier molecular flexibility index (Phi) is 6.48. The average molecular weight is 508 g/mol. The first-order valence-electron chi connectivity index (χ1n) is 10.9. The van der Waals surface area contributed by atoms with E-state index in [2.05, 4.69) is 10.3 Å². The molecular weight excluding hydrogens is 481 g/mol. The molecule has 4 heterocycles. The summed E-state index contributed by atoms with van der Waals surface area (Å²) in [7, 11) is 0. The quantitative estimate of drug-likeness (QED) is 0.527. The largest absolute Gasteiger partial charge is 0.444 e. The second kappa shape index (κ2) is 9.07. The van der Waals surface area contributed by atoms with E-state index in [9.17, 15) is 14.0 Å². The SMILES string of the molecule is Cc1cn2cc(NC(=O)c3sc(N4CCN(C(=O)OC(C)(C)C)C(C)C4)cc3F)cc(Cl)c2n1. The van der Waals surface area contributed by atoms with Gasteiger partial charge in [0.05, 0.1) is 21.4 Å². The van der Waals surface area contributed by atoms with Gasteiger partial charge in [-0.3, -0.25) is 4.79 Å². The van der Waals surface area contributed by atoms with Gasteiger partial charge in [-0.2, -0.15) is 0 Å². The molecule has 0 radical (unpaired) electrons. The number of anilines is 2. The zero-order chi connectivity index (χ0) is 24.8. The van der Waals surface area contributed by atoms with Gasteiger partial charge in [-0.15, -0.1) is 11.3 Å². The van der Waals surface area contributed by atoms with Crippen LogP contribution in [0.1, 0.15) is 43.1 Å². The topological polar surface area (TPSA) is 79.2 Å². The molecule has 0 bridgehead atoms. The third-order valence-electron chi connectivity index (χ3n) is 5.33. The summed E-state index contributed by atoms with van der Waals surface area (Å²) in [4.78, 5) is 33.2. The minimum absolute atomic E-state index is 0.0183. The van der Waals surface area contributed by atoms with Crippen LogP contribution in [0.2, 0.25) is 5.02 Å². The predicted octanol–water partition coefficient (Wildman–Crippen LogP) is 5.19. The second-order valence-electron chi connectivity index (χ2n) is 9.37. The number of amides is 2. The average Bonchev–Trinajstić information content (AvgIpc) is 3.29. The molecule has 0 aliphatic carbocycles. The molecule has 11 heteroatoms. The number of nitrogens with zero attached hydrogens (tertiary/aromatic N) is 4. The van der Waals surface area contributed by atoms with E-state index in [0.717, 1.165) is 17.0 Å². The zero-order valence-corrected chi connectivity index (χ0v) is 21.3. The van der Waals surface area contributed by atoms with Crippen LogP contribution in [0.5, 0.6) is 0 Å². The Morgan fingerprint density at radius 1 is 1.26 bits per heavy atom. The number of hydrogen-bond donors (Lipinski definition) is 1. The van der Waals surface area contributed by atoms with Gasteiger partial charge < -0.3 is 24.3 Å². The number of thiophene rings is 1. The van der Waals surface area contributed by atoms with Crippen LogP contribution in [0, 0.1) is 12.7 Å². The van der Waals surface area contributed by atoms with Crippen LogP contribution in [0.4, 0.5) is 19.9 Å². The van der Waals surface area contributed by atoms with Crippen molar-refractivity contribution >= 4 is 51.3 Å². The minimum Gasteiger partial charge on any atom is -0.444 e. The predicted molar refractivity (Wildman–Crippen MR) is 132 cm³/mol. The van der Waals surface area contributed by atoms with Crippen molar-refractivity contribution in [3.8, 4) is 0 Å². The molecule has 2 amide bonds. The maximum atomic E-state index is 14.7. The van der Waals surface area contributed by atoms with E-state index in [1.807, 2.05) is 39.5 Å². The molecule has 1 atom stereocenters. The summed E-state index contributed by atoms with van der Waals surface area (Å²) in [5, 5.41) is 3.74. The number of imidazole rings is 1. The molecule has 1 saturated heterocycles. The molecule has 1 fully saturated rings. The standard InChI is InChI=1S/C23H27ClFN5O3S/c1-13-10-29-12-15(8-16(24)20(29)26-13)27-21(31)19-17(25)9-18(34-19)28-6-7-30(14(2)11-28)22(32)33-23(3,4)5/h8-10,12,14H,6-7,11H2,1-5H3,(H,27,31). The molecule has 1 aliphatic heterocycles. The summed E-state index contributed by atoms with van der Waals surface area (Å²) >= 11 is 7.35. The lowest BCUT2D eigenvalue weighted by atomic mass is 10.2. The van der Waals surface area contributed by atoms with Crippen LogP contribution in [-0.2, 0) is 4.74 Å². The number of halogens is 2. The second-order valence-corrected chi connectivity index (χ2v) is 10.8. The van der Waals surface area contributed by atoms with Gasteiger partial charge in [0.15, 0.2) is 5.65 Å². The number of ether oxygens (including phenoxy) is 1. The molecule has 4 rings (SSSR count). The van der Waals surface area contributed by atoms with Crippen LogP contribution in [0.3, 0.4) is 0 Å². The first-order valence-corrected chi connectivity index (χ1v) is 12.1. The van der Waals surface area contributed by atoms with E-state index in [0.29, 0.717) is 41.0 Å². The molecule has 0 aromatic carbocycles. The van der Waals surface area contributed by atoms with Crippen molar-refractivity contribution in [3.05, 3.63) is 45.9 Å². The number of nitrogens with one attached hydrogen (secondary N) is 1. The smallest absolute Gasteiger partial charge is 0.410 e. The fraction of sp³-hybridized carbons (Fsp3) is 0.435. The number of aromatic nitrogens is 2. The van der Waals surface area contributed by atoms with Gasteiger partial charge in [-0.1, -0.05) is 11.6 Å². The van der Waals surface area contributed by atoms with Crippen molar-refractivity contribution < 1.29 is 18.7 Å². The Morgan fingerprint density at radius 3 is 2.68 bits per heavy atom. The van der Waals surface area contributed by atoms with E-state index < -0.39 is 17.3 Å². The molecule has 3 aromatic rings. The molecule has 8 nitrogen and oxygen atoms in total. The van der Waals surface area contributed by atoms with Crippen molar-refractivity contribution in [2.24, 2.45) is 0 Å². The van der Waals surface area contributed by atoms with Crippen molar-refractivity contribution in [1.29, 1.82) is 0 Å². The van der Waals surface area contributed by atoms with Gasteiger partial charge in [0, 0.05) is 44.1 Å². The third kappa shape index (κ3) is 5.12. The zero-order valence-electron chi connectivity index (χ0n) is 19.7. The molecule has 182 valence electrons. The van der Waals surface area contributed by atoms with Crippen LogP contribution < -0.4 is 10.2 Å². The first kappa shape index (κ1) is 24.3. The highest BCUT2D eigenvalue weighted by atomic mass is 35.5. The molecular formula is C23H27ClFN5O3S. The highest BCUT2D eigenvalue weighted by Crippen LogP contribution is 2.32. The Balaban J connectivity index is 1.45. The summed E-state index contributed by atoms with van der Waals surface area (Å²) in [6, 6.07) is 2.83. The summed E-state index contributed by atoms with van der Waals surface area (Å²) in [5.41, 5.74) is 1.24. The van der Waals surface area contributed by atoms with Gasteiger partial charge in [0.25, 0.3) is 5.91 Å². The lowest BCUT2D eigenvalue weighted by Crippen LogP contribution is -2.55. The van der Waals surface area contributed by atoms with Crippen LogP contribution in [-0.4, -0.2) is 57.6 Å². The number of carbonyl (C=O) groups excluding carboxylic acids is 2. The Labute approximate surface area is 206 Å². The monoisotopic (exact) mass is 507 g/mol. The molecule has 0 saturated carbocycles. The van der Waals surface area contributed by atoms with Crippen molar-refractivity contribution in [1.82, 2.24) is 14.3 Å². The lowest BCUT2D eigenvalue weighted by Gasteiger charge is -2.40. The summed E-state index contributed by atoms with van der Waals surface area (Å²) in [6.45, 7) is 10.7. The fourth-order valence-electron chi connectivity index (χ4n) is 3.85. The van der Waals surface area contributed by atoms with Crippen LogP contribution in [0.25, 0.3) is 5.65 Å². The molecule has 1 N–H and O–H groups in total. The molecule has 3 aromatic heterocycles. The number of carbonyl (C=O) groups is 2. The van der Waals surface area contributed by atoms with Gasteiger partial charge in [0.1, 0.15) is 16.3 Å². The maximum absolute atomic E-state index is 14.7. The third-order valence-corrected chi connectivity index (χ3v) is 6.78. The van der Waals surface area contributed by atoms with Crippen molar-refractivity contribution in [2.75, 3.05) is 29.9 Å². The minimum atomic E-state index is -0.592. The van der Waals surface area contributed by atoms with E-state index in [-0.39, 0.29) is 17.0 Å². The van der Waals surface area contributed by atoms with Gasteiger partial charge >= 0.3 is 6.09 Å². The summed E-state index contributed by atoms with van der Waals surface area (Å²) < 4.78 is 21.9. The Hall–Kier alpha value is -2.85. The van der Waals surface area contributed by atoms with Gasteiger partial charge in [-0.25, -0.2) is 14.2 Å². The first-order chi connectivity index (χ1) is 15.9.